The van der Waals surface area contributed by atoms with E-state index in [0.29, 0.717) is 12.6 Å². The van der Waals surface area contributed by atoms with Gasteiger partial charge in [-0.25, -0.2) is 4.39 Å². The van der Waals surface area contributed by atoms with Crippen molar-refractivity contribution in [2.45, 2.75) is 25.6 Å². The van der Waals surface area contributed by atoms with Crippen LogP contribution in [0.4, 0.5) is 10.4 Å². The number of hydrogen-bond donors (Lipinski definition) is 0. The molecular weight excluding hydrogens is 307 g/mol. The maximum absolute atomic E-state index is 12.9. The van der Waals surface area contributed by atoms with Gasteiger partial charge in [0.1, 0.15) is 11.3 Å². The Morgan fingerprint density at radius 2 is 1.83 bits per heavy atom. The Labute approximate surface area is 139 Å². The molecule has 3 aromatic rings. The van der Waals surface area contributed by atoms with E-state index >= 15 is 0 Å². The molecule has 1 fully saturated rings. The normalized spacial score (nSPS) is 16.0. The third-order valence-electron chi connectivity index (χ3n) is 4.39. The Balaban J connectivity index is 1.32. The Hall–Kier alpha value is -2.40. The molecule has 0 atom stereocenters. The summed E-state index contributed by atoms with van der Waals surface area (Å²) >= 11 is 0. The Bertz CT molecular complexity index is 775. The van der Waals surface area contributed by atoms with Gasteiger partial charge in [0.25, 0.3) is 6.01 Å². The molecular formula is C19H19FN2O2. The summed E-state index contributed by atoms with van der Waals surface area (Å²) < 4.78 is 24.7. The highest BCUT2D eigenvalue weighted by atomic mass is 19.1. The first-order chi connectivity index (χ1) is 11.8. The van der Waals surface area contributed by atoms with Crippen molar-refractivity contribution in [3.8, 4) is 0 Å². The molecule has 24 heavy (non-hydrogen) atoms. The summed E-state index contributed by atoms with van der Waals surface area (Å²) in [5.74, 6) is -0.217. The fourth-order valence-corrected chi connectivity index (χ4v) is 3.00. The van der Waals surface area contributed by atoms with E-state index in [9.17, 15) is 4.39 Å². The van der Waals surface area contributed by atoms with Crippen molar-refractivity contribution in [2.75, 3.05) is 18.0 Å². The minimum atomic E-state index is -0.217. The molecule has 1 aliphatic heterocycles. The maximum Gasteiger partial charge on any atom is 0.298 e. The number of anilines is 1. The lowest BCUT2D eigenvalue weighted by Crippen LogP contribution is -2.37. The molecule has 0 unspecified atom stereocenters. The van der Waals surface area contributed by atoms with E-state index in [2.05, 4.69) is 9.88 Å². The number of aromatic nitrogens is 1. The summed E-state index contributed by atoms with van der Waals surface area (Å²) in [6.07, 6.45) is 2.08. The minimum absolute atomic E-state index is 0.217. The van der Waals surface area contributed by atoms with Crippen LogP contribution in [0.3, 0.4) is 0 Å². The van der Waals surface area contributed by atoms with Crippen LogP contribution in [0, 0.1) is 5.82 Å². The van der Waals surface area contributed by atoms with Crippen molar-refractivity contribution in [3.05, 3.63) is 59.9 Å². The number of para-hydroxylation sites is 2. The van der Waals surface area contributed by atoms with Crippen LogP contribution in [0.1, 0.15) is 18.4 Å². The largest absolute Gasteiger partial charge is 0.423 e. The fourth-order valence-electron chi connectivity index (χ4n) is 3.00. The van der Waals surface area contributed by atoms with E-state index in [-0.39, 0.29) is 11.9 Å². The lowest BCUT2D eigenvalue weighted by atomic mass is 10.1. The zero-order valence-corrected chi connectivity index (χ0v) is 13.3. The highest BCUT2D eigenvalue weighted by Crippen LogP contribution is 2.25. The number of ether oxygens (including phenoxy) is 1. The van der Waals surface area contributed by atoms with Crippen molar-refractivity contribution in [1.82, 2.24) is 4.98 Å². The standard InChI is InChI=1S/C19H19FN2O2/c20-15-7-5-14(6-8-15)13-23-16-9-11-22(12-10-16)19-21-17-3-1-2-4-18(17)24-19/h1-8,16H,9-13H2. The third-order valence-corrected chi connectivity index (χ3v) is 4.39. The summed E-state index contributed by atoms with van der Waals surface area (Å²) in [7, 11) is 0. The van der Waals surface area contributed by atoms with Crippen LogP contribution in [0.5, 0.6) is 0 Å². The molecule has 0 saturated carbocycles. The molecule has 0 N–H and O–H groups in total. The smallest absolute Gasteiger partial charge is 0.298 e. The van der Waals surface area contributed by atoms with Gasteiger partial charge in [0.2, 0.25) is 0 Å². The Kier molecular flexibility index (Phi) is 4.17. The number of halogens is 1. The van der Waals surface area contributed by atoms with Crippen LogP contribution < -0.4 is 4.90 Å². The van der Waals surface area contributed by atoms with Crippen LogP contribution in [0.25, 0.3) is 11.1 Å². The monoisotopic (exact) mass is 326 g/mol. The van der Waals surface area contributed by atoms with Gasteiger partial charge in [-0.2, -0.15) is 4.98 Å². The second-order valence-electron chi connectivity index (χ2n) is 6.09. The predicted molar refractivity (Wildman–Crippen MR) is 90.4 cm³/mol. The molecule has 4 rings (SSSR count). The summed E-state index contributed by atoms with van der Waals surface area (Å²) in [4.78, 5) is 6.71. The molecule has 0 amide bonds. The number of nitrogens with zero attached hydrogens (tertiary/aromatic N) is 2. The zero-order chi connectivity index (χ0) is 16.4. The van der Waals surface area contributed by atoms with E-state index < -0.39 is 0 Å². The van der Waals surface area contributed by atoms with Gasteiger partial charge in [0.05, 0.1) is 12.7 Å². The summed E-state index contributed by atoms with van der Waals surface area (Å²) in [6.45, 7) is 2.25. The molecule has 4 nitrogen and oxygen atoms in total. The zero-order valence-electron chi connectivity index (χ0n) is 13.3. The highest BCUT2D eigenvalue weighted by Gasteiger charge is 2.23. The molecule has 1 aliphatic rings. The number of benzene rings is 2. The summed E-state index contributed by atoms with van der Waals surface area (Å²) in [5, 5.41) is 0. The topological polar surface area (TPSA) is 38.5 Å². The summed E-state index contributed by atoms with van der Waals surface area (Å²) in [6, 6.07) is 15.0. The summed E-state index contributed by atoms with van der Waals surface area (Å²) in [5.41, 5.74) is 2.71. The first-order valence-electron chi connectivity index (χ1n) is 8.24. The van der Waals surface area contributed by atoms with Gasteiger partial charge in [0, 0.05) is 13.1 Å². The van der Waals surface area contributed by atoms with Crippen molar-refractivity contribution in [2.24, 2.45) is 0 Å². The third kappa shape index (κ3) is 3.26. The SMILES string of the molecule is Fc1ccc(COC2CCN(c3nc4ccccc4o3)CC2)cc1. The van der Waals surface area contributed by atoms with Gasteiger partial charge < -0.3 is 14.1 Å². The minimum Gasteiger partial charge on any atom is -0.423 e. The van der Waals surface area contributed by atoms with Crippen LogP contribution in [-0.4, -0.2) is 24.2 Å². The number of rotatable bonds is 4. The van der Waals surface area contributed by atoms with E-state index in [1.807, 2.05) is 24.3 Å². The molecule has 0 spiro atoms. The van der Waals surface area contributed by atoms with Gasteiger partial charge in [0.15, 0.2) is 5.58 Å². The van der Waals surface area contributed by atoms with Crippen molar-refractivity contribution in [1.29, 1.82) is 0 Å². The average Bonchev–Trinajstić information content (AvgIpc) is 3.06. The molecule has 0 radical (unpaired) electrons. The second-order valence-corrected chi connectivity index (χ2v) is 6.09. The highest BCUT2D eigenvalue weighted by molar-refractivity contribution is 5.74. The molecule has 2 heterocycles. The predicted octanol–water partition coefficient (Wildman–Crippen LogP) is 4.15. The number of fused-ring (bicyclic) bond motifs is 1. The van der Waals surface area contributed by atoms with Crippen LogP contribution >= 0.6 is 0 Å². The van der Waals surface area contributed by atoms with Gasteiger partial charge in [-0.3, -0.25) is 0 Å². The first kappa shape index (κ1) is 15.1. The fraction of sp³-hybridized carbons (Fsp3) is 0.316. The molecule has 0 aliphatic carbocycles. The molecule has 1 aromatic heterocycles. The van der Waals surface area contributed by atoms with E-state index in [0.717, 1.165) is 42.6 Å². The number of oxazole rings is 1. The van der Waals surface area contributed by atoms with Crippen molar-refractivity contribution >= 4 is 17.1 Å². The van der Waals surface area contributed by atoms with E-state index in [1.54, 1.807) is 12.1 Å². The Morgan fingerprint density at radius 1 is 1.08 bits per heavy atom. The van der Waals surface area contributed by atoms with Gasteiger partial charge in [-0.05, 0) is 42.7 Å². The lowest BCUT2D eigenvalue weighted by molar-refractivity contribution is 0.0246. The number of hydrogen-bond acceptors (Lipinski definition) is 4. The molecule has 124 valence electrons. The molecule has 0 bridgehead atoms. The van der Waals surface area contributed by atoms with Crippen LogP contribution in [0.2, 0.25) is 0 Å². The lowest BCUT2D eigenvalue weighted by Gasteiger charge is -2.30. The first-order valence-corrected chi connectivity index (χ1v) is 8.24. The maximum atomic E-state index is 12.9. The molecule has 5 heteroatoms. The number of piperidine rings is 1. The van der Waals surface area contributed by atoms with Gasteiger partial charge in [-0.15, -0.1) is 0 Å². The molecule has 1 saturated heterocycles. The quantitative estimate of drug-likeness (QED) is 0.722. The van der Waals surface area contributed by atoms with E-state index in [4.69, 9.17) is 9.15 Å². The molecule has 2 aromatic carbocycles. The van der Waals surface area contributed by atoms with Crippen molar-refractivity contribution < 1.29 is 13.5 Å². The van der Waals surface area contributed by atoms with Crippen molar-refractivity contribution in [3.63, 3.8) is 0 Å². The Morgan fingerprint density at radius 3 is 2.58 bits per heavy atom. The van der Waals surface area contributed by atoms with Crippen LogP contribution in [-0.2, 0) is 11.3 Å². The van der Waals surface area contributed by atoms with Crippen LogP contribution in [0.15, 0.2) is 52.9 Å². The second kappa shape index (κ2) is 6.61. The average molecular weight is 326 g/mol. The van der Waals surface area contributed by atoms with E-state index in [1.165, 1.54) is 12.1 Å². The van der Waals surface area contributed by atoms with Gasteiger partial charge in [-0.1, -0.05) is 24.3 Å². The van der Waals surface area contributed by atoms with Gasteiger partial charge >= 0.3 is 0 Å².